The van der Waals surface area contributed by atoms with Gasteiger partial charge in [-0.05, 0) is 53.9 Å². The predicted octanol–water partition coefficient (Wildman–Crippen LogP) is 4.30. The molecular formula is C32H32BrF3N2O3. The highest BCUT2D eigenvalue weighted by Crippen LogP contribution is 2.43. The number of hydrogen-bond donors (Lipinski definition) is 1. The Balaban J connectivity index is 0.00000337. The van der Waals surface area contributed by atoms with Crippen molar-refractivity contribution in [1.82, 2.24) is 0 Å². The van der Waals surface area contributed by atoms with Crippen molar-refractivity contribution in [2.45, 2.75) is 51.7 Å². The van der Waals surface area contributed by atoms with E-state index in [2.05, 4.69) is 35.1 Å². The summed E-state index contributed by atoms with van der Waals surface area (Å²) in [6.07, 6.45) is 2.43. The van der Waals surface area contributed by atoms with Gasteiger partial charge in [0, 0.05) is 30.3 Å². The summed E-state index contributed by atoms with van der Waals surface area (Å²) in [4.78, 5) is 0. The maximum atomic E-state index is 13.3. The van der Waals surface area contributed by atoms with Gasteiger partial charge in [-0.1, -0.05) is 31.9 Å². The number of ether oxygens (including phenoxy) is 3. The van der Waals surface area contributed by atoms with E-state index in [1.165, 1.54) is 5.56 Å². The lowest BCUT2D eigenvalue weighted by Crippen LogP contribution is -3.00. The summed E-state index contributed by atoms with van der Waals surface area (Å²) < 4.78 is 59.2. The highest BCUT2D eigenvalue weighted by Gasteiger charge is 2.33. The van der Waals surface area contributed by atoms with Crippen LogP contribution in [0, 0.1) is 0 Å². The monoisotopic (exact) mass is 628 g/mol. The van der Waals surface area contributed by atoms with Crippen molar-refractivity contribution < 1.29 is 48.9 Å². The fraction of sp³-hybridized carbons (Fsp3) is 0.344. The number of fused-ring (bicyclic) bond motifs is 5. The van der Waals surface area contributed by atoms with Crippen LogP contribution in [0.5, 0.6) is 17.2 Å². The van der Waals surface area contributed by atoms with Gasteiger partial charge in [0.05, 0.1) is 29.3 Å². The van der Waals surface area contributed by atoms with Crippen molar-refractivity contribution >= 4 is 16.5 Å². The van der Waals surface area contributed by atoms with Gasteiger partial charge in [-0.3, -0.25) is 0 Å². The van der Waals surface area contributed by atoms with E-state index in [0.29, 0.717) is 12.2 Å². The van der Waals surface area contributed by atoms with Gasteiger partial charge in [-0.2, -0.15) is 17.7 Å². The predicted molar refractivity (Wildman–Crippen MR) is 148 cm³/mol. The van der Waals surface area contributed by atoms with Crippen LogP contribution in [-0.4, -0.2) is 20.4 Å². The minimum atomic E-state index is -4.37. The van der Waals surface area contributed by atoms with Gasteiger partial charge >= 0.3 is 6.18 Å². The summed E-state index contributed by atoms with van der Waals surface area (Å²) in [5.74, 6) is 2.23. The van der Waals surface area contributed by atoms with Crippen LogP contribution >= 0.6 is 0 Å². The van der Waals surface area contributed by atoms with Crippen LogP contribution in [0.4, 0.5) is 18.9 Å². The molecule has 0 bridgehead atoms. The van der Waals surface area contributed by atoms with E-state index in [4.69, 9.17) is 14.2 Å². The standard InChI is InChI=1S/C32H31F3N2O3.BrH/c1-3-4-5-13-36-30-26-18-37-14-12-21-16-28-29(40-19-39-28)17-24(21)31(37)25(23(26)10-11-27(30)38-2)15-20-6-8-22(9-7-20)32(33,34)35;/h6-11,16-18H,3-5,12-15,19H2,1-2H3;1H. The van der Waals surface area contributed by atoms with E-state index < -0.39 is 11.7 Å². The Bertz CT molecular complexity index is 1570. The first-order chi connectivity index (χ1) is 19.4. The van der Waals surface area contributed by atoms with E-state index in [1.54, 1.807) is 19.2 Å². The van der Waals surface area contributed by atoms with Crippen molar-refractivity contribution in [3.05, 3.63) is 77.0 Å². The minimum Gasteiger partial charge on any atom is -1.00 e. The van der Waals surface area contributed by atoms with E-state index in [9.17, 15) is 13.2 Å². The molecule has 0 radical (unpaired) electrons. The molecule has 0 unspecified atom stereocenters. The van der Waals surface area contributed by atoms with E-state index in [-0.39, 0.29) is 23.8 Å². The lowest BCUT2D eigenvalue weighted by molar-refractivity contribution is -0.686. The van der Waals surface area contributed by atoms with Crippen LogP contribution in [0.25, 0.3) is 22.0 Å². The number of aryl methyl sites for hydroxylation is 2. The Morgan fingerprint density at radius 3 is 2.44 bits per heavy atom. The molecule has 3 aromatic carbocycles. The van der Waals surface area contributed by atoms with E-state index in [1.807, 2.05) is 12.1 Å². The molecule has 2 aliphatic heterocycles. The first kappa shape index (κ1) is 29.0. The molecule has 1 N–H and O–H groups in total. The number of unbranched alkanes of at least 4 members (excludes halogenated alkanes) is 2. The number of benzene rings is 3. The first-order valence-corrected chi connectivity index (χ1v) is 13.8. The van der Waals surface area contributed by atoms with Crippen molar-refractivity contribution in [2.75, 3.05) is 25.8 Å². The zero-order valence-corrected chi connectivity index (χ0v) is 24.6. The second kappa shape index (κ2) is 11.8. The molecule has 0 atom stereocenters. The number of hydrogen-bond acceptors (Lipinski definition) is 4. The van der Waals surface area contributed by atoms with Gasteiger partial charge in [0.1, 0.15) is 5.75 Å². The molecule has 6 rings (SSSR count). The van der Waals surface area contributed by atoms with Crippen molar-refractivity contribution in [3.63, 3.8) is 0 Å². The van der Waals surface area contributed by atoms with Gasteiger partial charge in [0.15, 0.2) is 24.2 Å². The third kappa shape index (κ3) is 5.56. The Kier molecular flexibility index (Phi) is 8.36. The molecule has 1 aromatic heterocycles. The number of nitrogens with zero attached hydrogens (tertiary/aromatic N) is 1. The molecule has 4 aromatic rings. The van der Waals surface area contributed by atoms with Crippen LogP contribution in [-0.2, 0) is 25.6 Å². The fourth-order valence-electron chi connectivity index (χ4n) is 5.80. The van der Waals surface area contributed by atoms with Gasteiger partial charge in [0.25, 0.3) is 0 Å². The second-order valence-electron chi connectivity index (χ2n) is 10.4. The molecule has 0 saturated carbocycles. The largest absolute Gasteiger partial charge is 1.00 e. The number of aromatic nitrogens is 1. The maximum Gasteiger partial charge on any atom is 0.416 e. The summed E-state index contributed by atoms with van der Waals surface area (Å²) in [6.45, 7) is 3.97. The summed E-state index contributed by atoms with van der Waals surface area (Å²) in [5.41, 5.74) is 5.44. The molecule has 41 heavy (non-hydrogen) atoms. The maximum absolute atomic E-state index is 13.3. The number of nitrogens with one attached hydrogen (secondary N) is 1. The van der Waals surface area contributed by atoms with E-state index in [0.717, 1.165) is 101 Å². The van der Waals surface area contributed by atoms with Crippen molar-refractivity contribution in [3.8, 4) is 28.5 Å². The molecule has 9 heteroatoms. The number of pyridine rings is 1. The van der Waals surface area contributed by atoms with Gasteiger partial charge in [-0.25, -0.2) is 0 Å². The van der Waals surface area contributed by atoms with Gasteiger partial charge < -0.3 is 36.5 Å². The molecule has 0 aliphatic carbocycles. The fourth-order valence-corrected chi connectivity index (χ4v) is 5.80. The van der Waals surface area contributed by atoms with Crippen LogP contribution in [0.3, 0.4) is 0 Å². The number of anilines is 1. The zero-order chi connectivity index (χ0) is 27.9. The Labute approximate surface area is 248 Å². The van der Waals surface area contributed by atoms with Gasteiger partial charge in [0.2, 0.25) is 12.5 Å². The Hall–Kier alpha value is -3.46. The summed E-state index contributed by atoms with van der Waals surface area (Å²) in [7, 11) is 1.67. The highest BCUT2D eigenvalue weighted by molar-refractivity contribution is 6.00. The Morgan fingerprint density at radius 2 is 1.73 bits per heavy atom. The summed E-state index contributed by atoms with van der Waals surface area (Å²) in [6, 6.07) is 13.6. The lowest BCUT2D eigenvalue weighted by atomic mass is 9.88. The van der Waals surface area contributed by atoms with Crippen LogP contribution in [0.15, 0.2) is 54.7 Å². The average Bonchev–Trinajstić information content (AvgIpc) is 3.41. The SMILES string of the molecule is CCCCCNc1c(OC)ccc2c(Cc3ccc(C(F)(F)F)cc3)c3[n+](cc12)CCc1cc2c(cc1-3)OCO2.[Br-]. The molecule has 0 amide bonds. The smallest absolute Gasteiger partial charge is 0.416 e. The molecule has 216 valence electrons. The molecule has 3 heterocycles. The number of alkyl halides is 3. The first-order valence-electron chi connectivity index (χ1n) is 13.8. The van der Waals surface area contributed by atoms with E-state index >= 15 is 0 Å². The molecule has 0 saturated heterocycles. The third-order valence-electron chi connectivity index (χ3n) is 7.83. The minimum absolute atomic E-state index is 0. The number of methoxy groups -OCH3 is 1. The van der Waals surface area contributed by atoms with Crippen LogP contribution < -0.4 is 41.1 Å². The van der Waals surface area contributed by atoms with Crippen LogP contribution in [0.2, 0.25) is 0 Å². The lowest BCUT2D eigenvalue weighted by Gasteiger charge is -2.22. The second-order valence-corrected chi connectivity index (χ2v) is 10.4. The van der Waals surface area contributed by atoms with Crippen molar-refractivity contribution in [1.29, 1.82) is 0 Å². The van der Waals surface area contributed by atoms with Crippen molar-refractivity contribution in [2.24, 2.45) is 0 Å². The molecule has 5 nitrogen and oxygen atoms in total. The number of halogens is 4. The molecule has 0 spiro atoms. The highest BCUT2D eigenvalue weighted by atomic mass is 79.9. The summed E-state index contributed by atoms with van der Waals surface area (Å²) >= 11 is 0. The third-order valence-corrected chi connectivity index (χ3v) is 7.83. The topological polar surface area (TPSA) is 43.6 Å². The zero-order valence-electron chi connectivity index (χ0n) is 23.0. The summed E-state index contributed by atoms with van der Waals surface area (Å²) in [5, 5.41) is 5.69. The Morgan fingerprint density at radius 1 is 0.976 bits per heavy atom. The average molecular weight is 630 g/mol. The van der Waals surface area contributed by atoms with Gasteiger partial charge in [-0.15, -0.1) is 0 Å². The molecule has 0 fully saturated rings. The molecular weight excluding hydrogens is 597 g/mol. The number of rotatable bonds is 8. The van der Waals surface area contributed by atoms with Crippen LogP contribution in [0.1, 0.15) is 48.4 Å². The molecule has 2 aliphatic rings. The normalized spacial score (nSPS) is 13.4. The quantitative estimate of drug-likeness (QED) is 0.233.